The molecule has 140 valence electrons. The fourth-order valence-corrected chi connectivity index (χ4v) is 3.87. The lowest BCUT2D eigenvalue weighted by molar-refractivity contribution is 0.0534. The third kappa shape index (κ3) is 3.52. The van der Waals surface area contributed by atoms with E-state index < -0.39 is 11.7 Å². The topological polar surface area (TPSA) is 104 Å². The van der Waals surface area contributed by atoms with Crippen LogP contribution in [0.2, 0.25) is 0 Å². The van der Waals surface area contributed by atoms with Crippen molar-refractivity contribution in [2.75, 3.05) is 12.3 Å². The average molecular weight is 489 g/mol. The second kappa shape index (κ2) is 6.73. The second-order valence-electron chi connectivity index (χ2n) is 7.03. The number of nitrogens with two attached hydrogens (primary N) is 1. The number of ether oxygens (including phenoxy) is 1. The first-order chi connectivity index (χ1) is 12.1. The minimum absolute atomic E-state index is 0.0714. The maximum Gasteiger partial charge on any atom is 0.421 e. The summed E-state index contributed by atoms with van der Waals surface area (Å²) >= 11 is 6.94. The molecule has 1 aliphatic rings. The smallest absolute Gasteiger partial charge is 0.421 e. The van der Waals surface area contributed by atoms with Crippen molar-refractivity contribution in [2.45, 2.75) is 38.8 Å². The van der Waals surface area contributed by atoms with E-state index in [1.54, 1.807) is 33.0 Å². The second-order valence-corrected chi connectivity index (χ2v) is 8.64. The van der Waals surface area contributed by atoms with Gasteiger partial charge >= 0.3 is 6.09 Å². The van der Waals surface area contributed by atoms with E-state index in [0.717, 1.165) is 9.08 Å². The number of anilines is 1. The summed E-state index contributed by atoms with van der Waals surface area (Å²) in [6.45, 7) is 5.78. The van der Waals surface area contributed by atoms with Crippen LogP contribution in [0.1, 0.15) is 43.0 Å². The summed E-state index contributed by atoms with van der Waals surface area (Å²) in [5, 5.41) is 2.86. The van der Waals surface area contributed by atoms with Crippen LogP contribution in [0.25, 0.3) is 0 Å². The Bertz CT molecular complexity index is 881. The van der Waals surface area contributed by atoms with E-state index in [0.29, 0.717) is 24.4 Å². The van der Waals surface area contributed by atoms with Gasteiger partial charge in [0.2, 0.25) is 5.95 Å². The van der Waals surface area contributed by atoms with E-state index >= 15 is 0 Å². The largest absolute Gasteiger partial charge is 0.443 e. The van der Waals surface area contributed by atoms with Crippen LogP contribution in [-0.4, -0.2) is 38.3 Å². The number of halogens is 2. The van der Waals surface area contributed by atoms with Gasteiger partial charge < -0.3 is 20.4 Å². The Morgan fingerprint density at radius 1 is 1.46 bits per heavy atom. The molecule has 0 saturated heterocycles. The summed E-state index contributed by atoms with van der Waals surface area (Å²) in [4.78, 5) is 28.7. The quantitative estimate of drug-likeness (QED) is 0.675. The Kier molecular flexibility index (Phi) is 4.91. The normalized spacial score (nSPS) is 17.0. The molecule has 0 spiro atoms. The van der Waals surface area contributed by atoms with Crippen molar-refractivity contribution in [1.29, 1.82) is 0 Å². The monoisotopic (exact) mass is 487 g/mol. The molecule has 0 unspecified atom stereocenters. The number of fused-ring (bicyclic) bond motifs is 1. The average Bonchev–Trinajstić information content (AvgIpc) is 3.02. The number of carbonyl (C=O) groups excluding carboxylic acids is 2. The number of hydrogen-bond donors (Lipinski definition) is 2. The molecule has 0 fully saturated rings. The summed E-state index contributed by atoms with van der Waals surface area (Å²) in [5.41, 5.74) is 6.38. The Labute approximate surface area is 167 Å². The van der Waals surface area contributed by atoms with Crippen LogP contribution in [0, 0.1) is 0 Å². The summed E-state index contributed by atoms with van der Waals surface area (Å²) in [5.74, 6) is -0.0742. The summed E-state index contributed by atoms with van der Waals surface area (Å²) in [6.07, 6.45) is 1.42. The molecular formula is C16H19Br2N5O3. The number of nitrogens with one attached hydrogen (secondary N) is 1. The van der Waals surface area contributed by atoms with Crippen LogP contribution in [-0.2, 0) is 11.2 Å². The molecule has 0 bridgehead atoms. The molecule has 1 aliphatic heterocycles. The van der Waals surface area contributed by atoms with E-state index in [4.69, 9.17) is 10.5 Å². The SMILES string of the molecule is CC(C)(C)OC(=O)n1c(C[C@H]2CNC(=O)c3cc(Br)c(Br)n32)cnc1N. The molecule has 0 aliphatic carbocycles. The lowest BCUT2D eigenvalue weighted by Gasteiger charge is -2.28. The number of aromatic nitrogens is 3. The first kappa shape index (κ1) is 19.0. The molecule has 8 nitrogen and oxygen atoms in total. The Balaban J connectivity index is 1.93. The fourth-order valence-electron chi connectivity index (χ4n) is 2.86. The van der Waals surface area contributed by atoms with Gasteiger partial charge in [0, 0.05) is 13.0 Å². The number of imidazole rings is 1. The third-order valence-corrected chi connectivity index (χ3v) is 5.86. The zero-order valence-electron chi connectivity index (χ0n) is 14.5. The minimum Gasteiger partial charge on any atom is -0.443 e. The van der Waals surface area contributed by atoms with Crippen LogP contribution in [0.3, 0.4) is 0 Å². The first-order valence-corrected chi connectivity index (χ1v) is 9.57. The summed E-state index contributed by atoms with van der Waals surface area (Å²) in [7, 11) is 0. The van der Waals surface area contributed by atoms with E-state index in [2.05, 4.69) is 42.2 Å². The van der Waals surface area contributed by atoms with Crippen LogP contribution >= 0.6 is 31.9 Å². The van der Waals surface area contributed by atoms with Gasteiger partial charge in [-0.15, -0.1) is 0 Å². The number of hydrogen-bond acceptors (Lipinski definition) is 5. The van der Waals surface area contributed by atoms with Crippen molar-refractivity contribution in [1.82, 2.24) is 19.4 Å². The van der Waals surface area contributed by atoms with Crippen LogP contribution in [0.15, 0.2) is 21.3 Å². The van der Waals surface area contributed by atoms with E-state index in [-0.39, 0.29) is 17.9 Å². The van der Waals surface area contributed by atoms with Crippen molar-refractivity contribution in [3.8, 4) is 0 Å². The van der Waals surface area contributed by atoms with Gasteiger partial charge in [-0.25, -0.2) is 14.3 Å². The maximum atomic E-state index is 12.5. The highest BCUT2D eigenvalue weighted by Crippen LogP contribution is 2.33. The number of amides is 1. The molecule has 26 heavy (non-hydrogen) atoms. The van der Waals surface area contributed by atoms with Gasteiger partial charge in [0.1, 0.15) is 11.3 Å². The van der Waals surface area contributed by atoms with Gasteiger partial charge in [0.15, 0.2) is 0 Å². The van der Waals surface area contributed by atoms with Gasteiger partial charge in [-0.3, -0.25) is 4.79 Å². The highest BCUT2D eigenvalue weighted by atomic mass is 79.9. The Hall–Kier alpha value is -1.81. The molecule has 0 radical (unpaired) electrons. The summed E-state index contributed by atoms with van der Waals surface area (Å²) < 4.78 is 10.1. The first-order valence-electron chi connectivity index (χ1n) is 7.98. The molecule has 1 atom stereocenters. The van der Waals surface area contributed by atoms with E-state index in [1.807, 2.05) is 4.57 Å². The maximum absolute atomic E-state index is 12.5. The summed E-state index contributed by atoms with van der Waals surface area (Å²) in [6, 6.07) is 1.64. The molecule has 0 aromatic carbocycles. The molecule has 10 heteroatoms. The molecule has 3 N–H and O–H groups in total. The zero-order valence-corrected chi connectivity index (χ0v) is 17.7. The molecule has 3 heterocycles. The predicted molar refractivity (Wildman–Crippen MR) is 103 cm³/mol. The van der Waals surface area contributed by atoms with Crippen molar-refractivity contribution < 1.29 is 14.3 Å². The van der Waals surface area contributed by atoms with Gasteiger partial charge in [-0.05, 0) is 58.7 Å². The zero-order chi connectivity index (χ0) is 19.2. The third-order valence-electron chi connectivity index (χ3n) is 3.91. The lowest BCUT2D eigenvalue weighted by Crippen LogP contribution is -2.40. The van der Waals surface area contributed by atoms with Gasteiger partial charge in [0.05, 0.1) is 27.0 Å². The molecule has 2 aromatic rings. The van der Waals surface area contributed by atoms with Crippen molar-refractivity contribution >= 4 is 49.8 Å². The number of rotatable bonds is 2. The van der Waals surface area contributed by atoms with Crippen LogP contribution in [0.5, 0.6) is 0 Å². The van der Waals surface area contributed by atoms with E-state index in [1.165, 1.54) is 4.57 Å². The van der Waals surface area contributed by atoms with Crippen molar-refractivity contribution in [3.05, 3.63) is 32.7 Å². The Morgan fingerprint density at radius 3 is 2.81 bits per heavy atom. The molecule has 0 saturated carbocycles. The van der Waals surface area contributed by atoms with Crippen LogP contribution in [0.4, 0.5) is 10.7 Å². The standard InChI is InChI=1S/C16H19Br2N5O3/c1-16(2,3)26-15(25)23-9(7-21-14(23)19)4-8-6-20-13(24)11-5-10(17)12(18)22(8)11/h5,7-8H,4,6H2,1-3H3,(H2,19,21)(H,20,24)/t8-/m0/s1. The number of nitrogens with zero attached hydrogens (tertiary/aromatic N) is 3. The Morgan fingerprint density at radius 2 is 2.15 bits per heavy atom. The molecular weight excluding hydrogens is 470 g/mol. The number of carbonyl (C=O) groups is 2. The highest BCUT2D eigenvalue weighted by Gasteiger charge is 2.31. The van der Waals surface area contributed by atoms with E-state index in [9.17, 15) is 9.59 Å². The molecule has 2 aromatic heterocycles. The van der Waals surface area contributed by atoms with Gasteiger partial charge in [-0.1, -0.05) is 0 Å². The fraction of sp³-hybridized carbons (Fsp3) is 0.438. The number of nitrogen functional groups attached to an aromatic ring is 1. The molecule has 1 amide bonds. The van der Waals surface area contributed by atoms with Crippen molar-refractivity contribution in [3.63, 3.8) is 0 Å². The van der Waals surface area contributed by atoms with Gasteiger partial charge in [0.25, 0.3) is 5.91 Å². The van der Waals surface area contributed by atoms with Gasteiger partial charge in [-0.2, -0.15) is 0 Å². The van der Waals surface area contributed by atoms with Crippen molar-refractivity contribution in [2.24, 2.45) is 0 Å². The molecule has 3 rings (SSSR count). The minimum atomic E-state index is -0.647. The van der Waals surface area contributed by atoms with Crippen LogP contribution < -0.4 is 11.1 Å². The lowest BCUT2D eigenvalue weighted by atomic mass is 10.1. The highest BCUT2D eigenvalue weighted by molar-refractivity contribution is 9.13. The predicted octanol–water partition coefficient (Wildman–Crippen LogP) is 3.10.